The van der Waals surface area contributed by atoms with E-state index in [1.165, 1.54) is 0 Å². The zero-order chi connectivity index (χ0) is 15.0. The first kappa shape index (κ1) is 14.3. The molecule has 0 radical (unpaired) electrons. The summed E-state index contributed by atoms with van der Waals surface area (Å²) in [5.41, 5.74) is 2.46. The molecule has 0 N–H and O–H groups in total. The summed E-state index contributed by atoms with van der Waals surface area (Å²) in [4.78, 5) is 23.0. The smallest absolute Gasteiger partial charge is 0.254 e. The van der Waals surface area contributed by atoms with Gasteiger partial charge in [-0.1, -0.05) is 30.1 Å². The summed E-state index contributed by atoms with van der Waals surface area (Å²) in [5.74, 6) is 0.724. The number of benzene rings is 1. The number of rotatable bonds is 2. The van der Waals surface area contributed by atoms with Crippen LogP contribution in [-0.2, 0) is 19.5 Å². The maximum Gasteiger partial charge on any atom is 0.254 e. The van der Waals surface area contributed by atoms with Crippen LogP contribution >= 0.6 is 23.2 Å². The molecule has 6 heteroatoms. The van der Waals surface area contributed by atoms with Crippen molar-refractivity contribution in [1.82, 2.24) is 14.9 Å². The number of hydrogen-bond acceptors (Lipinski definition) is 3. The minimum absolute atomic E-state index is 0.0791. The van der Waals surface area contributed by atoms with Crippen LogP contribution in [0.3, 0.4) is 0 Å². The van der Waals surface area contributed by atoms with Crippen LogP contribution < -0.4 is 0 Å². The average Bonchev–Trinajstić information content (AvgIpc) is 2.92. The van der Waals surface area contributed by atoms with Crippen molar-refractivity contribution in [3.8, 4) is 0 Å². The summed E-state index contributed by atoms with van der Waals surface area (Å²) in [6, 6.07) is 4.91. The van der Waals surface area contributed by atoms with Gasteiger partial charge in [0.15, 0.2) is 0 Å². The summed E-state index contributed by atoms with van der Waals surface area (Å²) >= 11 is 11.8. The highest BCUT2D eigenvalue weighted by Gasteiger charge is 2.26. The van der Waals surface area contributed by atoms with Crippen molar-refractivity contribution in [2.24, 2.45) is 0 Å². The number of carbonyl (C=O) groups is 1. The van der Waals surface area contributed by atoms with Gasteiger partial charge >= 0.3 is 0 Å². The molecule has 1 amide bonds. The number of carbonyl (C=O) groups excluding carboxylic acids is 1. The van der Waals surface area contributed by atoms with Crippen LogP contribution in [0.2, 0.25) is 10.0 Å². The van der Waals surface area contributed by atoms with E-state index in [1.54, 1.807) is 23.1 Å². The normalized spacial score (nSPS) is 13.4. The van der Waals surface area contributed by atoms with Gasteiger partial charge < -0.3 is 4.90 Å². The van der Waals surface area contributed by atoms with E-state index >= 15 is 0 Å². The number of aromatic nitrogens is 2. The molecule has 108 valence electrons. The largest absolute Gasteiger partial charge is 0.328 e. The van der Waals surface area contributed by atoms with Crippen molar-refractivity contribution in [2.75, 3.05) is 0 Å². The second kappa shape index (κ2) is 5.62. The molecule has 0 aliphatic carbocycles. The Morgan fingerprint density at radius 1 is 1.29 bits per heavy atom. The van der Waals surface area contributed by atoms with Crippen molar-refractivity contribution >= 4 is 29.1 Å². The van der Waals surface area contributed by atoms with Crippen molar-refractivity contribution in [1.29, 1.82) is 0 Å². The van der Waals surface area contributed by atoms with Gasteiger partial charge in [-0.2, -0.15) is 0 Å². The van der Waals surface area contributed by atoms with Gasteiger partial charge in [0.2, 0.25) is 0 Å². The minimum atomic E-state index is -0.0791. The second-order valence-corrected chi connectivity index (χ2v) is 5.72. The van der Waals surface area contributed by atoms with Crippen LogP contribution in [-0.4, -0.2) is 20.8 Å². The number of fused-ring (bicyclic) bond motifs is 1. The van der Waals surface area contributed by atoms with E-state index in [4.69, 9.17) is 23.2 Å². The van der Waals surface area contributed by atoms with Crippen LogP contribution in [0.15, 0.2) is 24.4 Å². The molecule has 1 aliphatic rings. The Morgan fingerprint density at radius 3 is 2.81 bits per heavy atom. The highest BCUT2D eigenvalue weighted by Crippen LogP contribution is 2.26. The van der Waals surface area contributed by atoms with Crippen LogP contribution in [0.25, 0.3) is 0 Å². The van der Waals surface area contributed by atoms with Crippen molar-refractivity contribution < 1.29 is 4.79 Å². The van der Waals surface area contributed by atoms with Gasteiger partial charge in [0.25, 0.3) is 5.91 Å². The van der Waals surface area contributed by atoms with E-state index in [9.17, 15) is 4.79 Å². The van der Waals surface area contributed by atoms with E-state index in [2.05, 4.69) is 9.97 Å². The van der Waals surface area contributed by atoms with Gasteiger partial charge in [-0.25, -0.2) is 9.97 Å². The topological polar surface area (TPSA) is 46.1 Å². The lowest BCUT2D eigenvalue weighted by Gasteiger charge is -2.15. The number of amides is 1. The summed E-state index contributed by atoms with van der Waals surface area (Å²) in [7, 11) is 0. The molecular formula is C15H13Cl2N3O. The molecule has 21 heavy (non-hydrogen) atoms. The fourth-order valence-corrected chi connectivity index (χ4v) is 2.62. The Morgan fingerprint density at radius 2 is 2.10 bits per heavy atom. The number of nitrogens with zero attached hydrogens (tertiary/aromatic N) is 3. The zero-order valence-electron chi connectivity index (χ0n) is 11.4. The Bertz CT molecular complexity index is 718. The maximum absolute atomic E-state index is 12.5. The molecule has 2 heterocycles. The van der Waals surface area contributed by atoms with Crippen molar-refractivity contribution in [3.63, 3.8) is 0 Å². The summed E-state index contributed by atoms with van der Waals surface area (Å²) in [6.45, 7) is 3.04. The van der Waals surface area contributed by atoms with Gasteiger partial charge in [0.05, 0.1) is 22.3 Å². The monoisotopic (exact) mass is 321 g/mol. The van der Waals surface area contributed by atoms with Gasteiger partial charge in [0, 0.05) is 30.3 Å². The van der Waals surface area contributed by atoms with Crippen LogP contribution in [0, 0.1) is 0 Å². The highest BCUT2D eigenvalue weighted by molar-refractivity contribution is 6.42. The zero-order valence-corrected chi connectivity index (χ0v) is 12.9. The van der Waals surface area contributed by atoms with Crippen molar-refractivity contribution in [3.05, 3.63) is 57.1 Å². The molecule has 1 aromatic heterocycles. The molecular weight excluding hydrogens is 309 g/mol. The molecule has 0 saturated carbocycles. The third kappa shape index (κ3) is 2.74. The standard InChI is InChI=1S/C15H13Cl2N3O/c1-2-14-18-6-10-7-20(8-13(10)19-14)15(21)9-3-4-11(16)12(17)5-9/h3-6H,2,7-8H2,1H3. The van der Waals surface area contributed by atoms with Gasteiger partial charge in [-0.15, -0.1) is 0 Å². The third-order valence-electron chi connectivity index (χ3n) is 3.48. The van der Waals surface area contributed by atoms with Gasteiger partial charge in [0.1, 0.15) is 5.82 Å². The fourth-order valence-electron chi connectivity index (χ4n) is 2.32. The van der Waals surface area contributed by atoms with Gasteiger partial charge in [-0.05, 0) is 18.2 Å². The summed E-state index contributed by atoms with van der Waals surface area (Å²) in [6.07, 6.45) is 2.59. The predicted molar refractivity (Wildman–Crippen MR) is 81.4 cm³/mol. The lowest BCUT2D eigenvalue weighted by Crippen LogP contribution is -2.25. The highest BCUT2D eigenvalue weighted by atomic mass is 35.5. The van der Waals surface area contributed by atoms with E-state index < -0.39 is 0 Å². The first-order valence-corrected chi connectivity index (χ1v) is 7.42. The Kier molecular flexibility index (Phi) is 3.83. The molecule has 0 fully saturated rings. The number of halogens is 2. The molecule has 2 aromatic rings. The molecule has 1 aliphatic heterocycles. The molecule has 0 atom stereocenters. The molecule has 3 rings (SSSR count). The summed E-state index contributed by atoms with van der Waals surface area (Å²) < 4.78 is 0. The van der Waals surface area contributed by atoms with Crippen LogP contribution in [0.4, 0.5) is 0 Å². The molecule has 1 aromatic carbocycles. The molecule has 0 bridgehead atoms. The molecule has 4 nitrogen and oxygen atoms in total. The fraction of sp³-hybridized carbons (Fsp3) is 0.267. The van der Waals surface area contributed by atoms with Gasteiger partial charge in [-0.3, -0.25) is 4.79 Å². The average molecular weight is 322 g/mol. The van der Waals surface area contributed by atoms with E-state index in [0.717, 1.165) is 23.5 Å². The van der Waals surface area contributed by atoms with Crippen LogP contribution in [0.5, 0.6) is 0 Å². The molecule has 0 saturated heterocycles. The molecule has 0 unspecified atom stereocenters. The lowest BCUT2D eigenvalue weighted by atomic mass is 10.2. The number of hydrogen-bond donors (Lipinski definition) is 0. The molecule has 0 spiro atoms. The lowest BCUT2D eigenvalue weighted by molar-refractivity contribution is 0.0750. The van der Waals surface area contributed by atoms with E-state index in [0.29, 0.717) is 28.7 Å². The van der Waals surface area contributed by atoms with Crippen molar-refractivity contribution in [2.45, 2.75) is 26.4 Å². The minimum Gasteiger partial charge on any atom is -0.328 e. The predicted octanol–water partition coefficient (Wildman–Crippen LogP) is 3.50. The van der Waals surface area contributed by atoms with Crippen LogP contribution in [0.1, 0.15) is 34.4 Å². The second-order valence-electron chi connectivity index (χ2n) is 4.90. The maximum atomic E-state index is 12.5. The third-order valence-corrected chi connectivity index (χ3v) is 4.21. The Labute approximate surface area is 132 Å². The van der Waals surface area contributed by atoms with E-state index in [-0.39, 0.29) is 5.91 Å². The Hall–Kier alpha value is -1.65. The quantitative estimate of drug-likeness (QED) is 0.850. The SMILES string of the molecule is CCc1ncc2c(n1)CN(C(=O)c1ccc(Cl)c(Cl)c1)C2. The first-order valence-electron chi connectivity index (χ1n) is 6.66. The van der Waals surface area contributed by atoms with E-state index in [1.807, 2.05) is 13.1 Å². The number of aryl methyl sites for hydroxylation is 1. The first-order chi connectivity index (χ1) is 10.1. The Balaban J connectivity index is 1.83. The summed E-state index contributed by atoms with van der Waals surface area (Å²) in [5, 5.41) is 0.823.